The number of carbonyl (C=O) groups excluding carboxylic acids is 3. The highest BCUT2D eigenvalue weighted by atomic mass is 35.5. The van der Waals surface area contributed by atoms with Crippen molar-refractivity contribution in [3.63, 3.8) is 0 Å². The second-order valence-corrected chi connectivity index (χ2v) is 11.7. The van der Waals surface area contributed by atoms with Gasteiger partial charge in [-0.25, -0.2) is 0 Å². The van der Waals surface area contributed by atoms with Crippen molar-refractivity contribution in [2.24, 2.45) is 0 Å². The van der Waals surface area contributed by atoms with Crippen molar-refractivity contribution >= 4 is 64.2 Å². The molecule has 1 unspecified atom stereocenters. The van der Waals surface area contributed by atoms with E-state index in [2.05, 4.69) is 16.0 Å². The Morgan fingerprint density at radius 3 is 2.09 bits per heavy atom. The second kappa shape index (κ2) is 15.5. The molecule has 0 bridgehead atoms. The summed E-state index contributed by atoms with van der Waals surface area (Å²) < 4.78 is 0. The number of nitro benzene ring substituents is 1. The monoisotopic (exact) mass is 662 g/mol. The average molecular weight is 663 g/mol. The number of thioether (sulfide) groups is 1. The minimum atomic E-state index is -0.696. The molecule has 3 amide bonds. The van der Waals surface area contributed by atoms with Crippen LogP contribution in [0.3, 0.4) is 0 Å². The maximum Gasteiger partial charge on any atom is 0.272 e. The Morgan fingerprint density at radius 1 is 0.745 bits per heavy atom. The fourth-order valence-electron chi connectivity index (χ4n) is 4.45. The van der Waals surface area contributed by atoms with Crippen molar-refractivity contribution in [3.8, 4) is 0 Å². The first-order valence-corrected chi connectivity index (χ1v) is 15.5. The lowest BCUT2D eigenvalue weighted by molar-refractivity contribution is -0.384. The number of nitrogens with one attached hydrogen (secondary N) is 3. The lowest BCUT2D eigenvalue weighted by atomic mass is 10.1. The van der Waals surface area contributed by atoms with Crippen molar-refractivity contribution in [2.75, 3.05) is 10.6 Å². The van der Waals surface area contributed by atoms with Crippen LogP contribution in [0, 0.1) is 10.1 Å². The number of carbonyl (C=O) groups is 3. The summed E-state index contributed by atoms with van der Waals surface area (Å²) in [6, 6.07) is 37.2. The summed E-state index contributed by atoms with van der Waals surface area (Å²) in [6.45, 7) is 0. The zero-order valence-electron chi connectivity index (χ0n) is 24.6. The van der Waals surface area contributed by atoms with E-state index in [-0.39, 0.29) is 17.3 Å². The Morgan fingerprint density at radius 2 is 1.40 bits per heavy atom. The molecule has 9 nitrogen and oxygen atoms in total. The normalized spacial score (nSPS) is 11.6. The quantitative estimate of drug-likeness (QED) is 0.0567. The van der Waals surface area contributed by atoms with E-state index in [1.807, 2.05) is 36.4 Å². The lowest BCUT2D eigenvalue weighted by Crippen LogP contribution is -2.30. The maximum atomic E-state index is 13.6. The van der Waals surface area contributed by atoms with E-state index in [9.17, 15) is 24.5 Å². The van der Waals surface area contributed by atoms with Crippen LogP contribution in [0.1, 0.15) is 26.7 Å². The van der Waals surface area contributed by atoms with Crippen LogP contribution < -0.4 is 16.0 Å². The van der Waals surface area contributed by atoms with Gasteiger partial charge in [0.05, 0.1) is 4.92 Å². The number of non-ortho nitro benzene ring substituents is 1. The van der Waals surface area contributed by atoms with Crippen LogP contribution in [0.15, 0.2) is 144 Å². The van der Waals surface area contributed by atoms with Crippen LogP contribution in [0.2, 0.25) is 5.02 Å². The van der Waals surface area contributed by atoms with Crippen molar-refractivity contribution < 1.29 is 19.3 Å². The topological polar surface area (TPSA) is 130 Å². The van der Waals surface area contributed by atoms with Crippen LogP contribution >= 0.6 is 23.4 Å². The minimum absolute atomic E-state index is 0.0188. The van der Waals surface area contributed by atoms with Gasteiger partial charge in [0.2, 0.25) is 5.91 Å². The van der Waals surface area contributed by atoms with E-state index in [4.69, 9.17) is 11.6 Å². The van der Waals surface area contributed by atoms with E-state index < -0.39 is 22.0 Å². The molecule has 5 aromatic carbocycles. The molecule has 5 rings (SSSR count). The summed E-state index contributed by atoms with van der Waals surface area (Å²) in [7, 11) is 0. The second-order valence-electron chi connectivity index (χ2n) is 10.1. The first-order chi connectivity index (χ1) is 22.8. The molecule has 0 aliphatic heterocycles. The van der Waals surface area contributed by atoms with Crippen molar-refractivity contribution in [1.29, 1.82) is 0 Å². The smallest absolute Gasteiger partial charge is 0.272 e. The van der Waals surface area contributed by atoms with E-state index in [1.165, 1.54) is 42.1 Å². The number of halogens is 1. The highest BCUT2D eigenvalue weighted by Crippen LogP contribution is 2.37. The molecule has 1 atom stereocenters. The zero-order chi connectivity index (χ0) is 33.2. The Bertz CT molecular complexity index is 1940. The SMILES string of the molecule is O=C(Nc1cccc(SC(C(=O)Nc2ccc([N+](=O)[O-])cc2)c2ccccc2)c1)/C(=C\c1ccccc1Cl)NC(=O)c1ccccc1. The average Bonchev–Trinajstić information content (AvgIpc) is 3.09. The van der Waals surface area contributed by atoms with Gasteiger partial charge in [-0.05, 0) is 65.7 Å². The minimum Gasteiger partial charge on any atom is -0.325 e. The van der Waals surface area contributed by atoms with Gasteiger partial charge in [-0.1, -0.05) is 84.4 Å². The predicted molar refractivity (Wildman–Crippen MR) is 185 cm³/mol. The molecule has 3 N–H and O–H groups in total. The first kappa shape index (κ1) is 32.7. The van der Waals surface area contributed by atoms with Gasteiger partial charge < -0.3 is 16.0 Å². The third-order valence-corrected chi connectivity index (χ3v) is 8.36. The molecule has 0 aliphatic carbocycles. The van der Waals surface area contributed by atoms with Gasteiger partial charge in [0.15, 0.2) is 0 Å². The number of benzene rings is 5. The van der Waals surface area contributed by atoms with E-state index >= 15 is 0 Å². The molecule has 0 aliphatic rings. The molecule has 0 spiro atoms. The molecule has 0 aromatic heterocycles. The molecular weight excluding hydrogens is 636 g/mol. The van der Waals surface area contributed by atoms with Crippen LogP contribution in [0.25, 0.3) is 6.08 Å². The molecule has 5 aromatic rings. The van der Waals surface area contributed by atoms with Crippen LogP contribution in [-0.2, 0) is 9.59 Å². The van der Waals surface area contributed by atoms with Gasteiger partial charge in [-0.3, -0.25) is 24.5 Å². The fourth-order valence-corrected chi connectivity index (χ4v) is 5.72. The molecule has 11 heteroatoms. The van der Waals surface area contributed by atoms with Gasteiger partial charge >= 0.3 is 0 Å². The number of rotatable bonds is 11. The van der Waals surface area contributed by atoms with E-state index in [0.717, 1.165) is 5.56 Å². The highest BCUT2D eigenvalue weighted by Gasteiger charge is 2.23. The third kappa shape index (κ3) is 8.94. The van der Waals surface area contributed by atoms with Crippen LogP contribution in [-0.4, -0.2) is 22.6 Å². The predicted octanol–water partition coefficient (Wildman–Crippen LogP) is 8.13. The van der Waals surface area contributed by atoms with Gasteiger partial charge in [0.25, 0.3) is 17.5 Å². The summed E-state index contributed by atoms with van der Waals surface area (Å²) in [4.78, 5) is 51.3. The highest BCUT2D eigenvalue weighted by molar-refractivity contribution is 8.00. The van der Waals surface area contributed by atoms with Gasteiger partial charge in [0, 0.05) is 39.0 Å². The summed E-state index contributed by atoms with van der Waals surface area (Å²) in [6.07, 6.45) is 1.51. The summed E-state index contributed by atoms with van der Waals surface area (Å²) in [5.74, 6) is -1.38. The van der Waals surface area contributed by atoms with Crippen molar-refractivity contribution in [3.05, 3.63) is 171 Å². The molecule has 0 saturated heterocycles. The maximum absolute atomic E-state index is 13.6. The zero-order valence-corrected chi connectivity index (χ0v) is 26.2. The van der Waals surface area contributed by atoms with Crippen molar-refractivity contribution in [2.45, 2.75) is 10.1 Å². The van der Waals surface area contributed by atoms with Gasteiger partial charge in [-0.15, -0.1) is 11.8 Å². The number of nitrogens with zero attached hydrogens (tertiary/aromatic N) is 1. The molecule has 0 fully saturated rings. The first-order valence-electron chi connectivity index (χ1n) is 14.3. The largest absolute Gasteiger partial charge is 0.325 e. The van der Waals surface area contributed by atoms with Crippen LogP contribution in [0.5, 0.6) is 0 Å². The number of hydrogen-bond acceptors (Lipinski definition) is 6. The number of nitro groups is 1. The lowest BCUT2D eigenvalue weighted by Gasteiger charge is -2.18. The molecule has 0 saturated carbocycles. The Labute approximate surface area is 279 Å². The van der Waals surface area contributed by atoms with Gasteiger partial charge in [0.1, 0.15) is 10.9 Å². The Balaban J connectivity index is 1.37. The Kier molecular flexibility index (Phi) is 10.8. The fraction of sp³-hybridized carbons (Fsp3) is 0.0278. The summed E-state index contributed by atoms with van der Waals surface area (Å²) in [5, 5.41) is 19.1. The van der Waals surface area contributed by atoms with Gasteiger partial charge in [-0.2, -0.15) is 0 Å². The van der Waals surface area contributed by atoms with E-state index in [1.54, 1.807) is 72.8 Å². The standard InChI is InChI=1S/C36H27ClN4O5S/c37-31-17-8-7-14-26(31)22-32(40-34(42)25-12-5-2-6-13-25)35(43)39-28-15-9-16-30(23-28)47-33(24-10-3-1-4-11-24)36(44)38-27-18-20-29(21-19-27)41(45)46/h1-23,33H,(H,38,44)(H,39,43)(H,40,42)/b32-22+. The van der Waals surface area contributed by atoms with Crippen LogP contribution in [0.4, 0.5) is 17.1 Å². The van der Waals surface area contributed by atoms with E-state index in [0.29, 0.717) is 32.4 Å². The number of anilines is 2. The Hall–Kier alpha value is -5.71. The summed E-state index contributed by atoms with van der Waals surface area (Å²) in [5.41, 5.74) is 2.40. The number of amides is 3. The molecular formula is C36H27ClN4O5S. The molecule has 234 valence electrons. The molecule has 0 radical (unpaired) electrons. The third-order valence-electron chi connectivity index (χ3n) is 6.77. The molecule has 0 heterocycles. The molecule has 47 heavy (non-hydrogen) atoms. The van der Waals surface area contributed by atoms with Crippen molar-refractivity contribution in [1.82, 2.24) is 5.32 Å². The summed E-state index contributed by atoms with van der Waals surface area (Å²) >= 11 is 7.62. The number of hydrogen-bond donors (Lipinski definition) is 3.